The molecule has 22 heteroatoms. The third kappa shape index (κ3) is 14.0. The van der Waals surface area contributed by atoms with Gasteiger partial charge in [-0.15, -0.1) is 0 Å². The maximum Gasteiger partial charge on any atom is 0.412 e. The van der Waals surface area contributed by atoms with Crippen LogP contribution in [-0.4, -0.2) is 137 Å². The highest BCUT2D eigenvalue weighted by molar-refractivity contribution is 8.77. The summed E-state index contributed by atoms with van der Waals surface area (Å²) in [4.78, 5) is 71.9. The number of likely N-dealkylation sites (tertiary alicyclic amines) is 2. The van der Waals surface area contributed by atoms with E-state index in [1.807, 2.05) is 0 Å². The van der Waals surface area contributed by atoms with Crippen LogP contribution in [0.4, 0.5) is 26.7 Å². The molecule has 0 spiro atoms. The summed E-state index contributed by atoms with van der Waals surface area (Å²) >= 11 is 0. The number of amides is 4. The number of nitro groups is 1. The number of anilines is 2. The number of nitrogens with zero attached hydrogens (tertiary/aromatic N) is 4. The number of methoxy groups -OCH3 is 2. The van der Waals surface area contributed by atoms with Gasteiger partial charge in [0.15, 0.2) is 23.0 Å². The number of ether oxygens (including phenoxy) is 6. The molecule has 2 aromatic carbocycles. The molecule has 2 aliphatic heterocycles. The van der Waals surface area contributed by atoms with Crippen LogP contribution >= 0.6 is 21.6 Å². The maximum atomic E-state index is 14.1. The van der Waals surface area contributed by atoms with Gasteiger partial charge in [0.05, 0.1) is 84.9 Å². The monoisotopic (exact) mass is 1010 g/mol. The quantitative estimate of drug-likeness (QED) is 0.0244. The van der Waals surface area contributed by atoms with E-state index in [2.05, 4.69) is 28.8 Å². The number of carbonyl (C=O) groups is 4. The van der Waals surface area contributed by atoms with Gasteiger partial charge in [-0.1, -0.05) is 35.1 Å². The largest absolute Gasteiger partial charge is 0.493 e. The lowest BCUT2D eigenvalue weighted by Crippen LogP contribution is -2.38. The van der Waals surface area contributed by atoms with Crippen LogP contribution in [0.2, 0.25) is 0 Å². The molecule has 6 rings (SSSR count). The second-order valence-corrected chi connectivity index (χ2v) is 20.7. The molecule has 3 aliphatic rings. The molecule has 0 unspecified atom stereocenters. The SMILES string of the molecule is C=C1C[C@@H](CO)N(C(=O)c2cc(OC)c(OCCCCCOc3cc(NC(=O)OC(C)(C)C)c(C(=O)N4CC(=C)C[C@H]4CO)cc3OC)cc2NC(=O)OCC2(SSc3ccc([N+](=O)[O-])cn3)CC2)C1. The van der Waals surface area contributed by atoms with Crippen molar-refractivity contribution in [3.05, 3.63) is 88.1 Å². The topological polar surface area (TPSA) is 251 Å². The highest BCUT2D eigenvalue weighted by Crippen LogP contribution is 2.55. The lowest BCUT2D eigenvalue weighted by molar-refractivity contribution is -0.385. The predicted molar refractivity (Wildman–Crippen MR) is 263 cm³/mol. The first-order valence-electron chi connectivity index (χ1n) is 22.6. The van der Waals surface area contributed by atoms with Gasteiger partial charge in [0.2, 0.25) is 0 Å². The van der Waals surface area contributed by atoms with Crippen LogP contribution in [0.5, 0.6) is 23.0 Å². The van der Waals surface area contributed by atoms with Crippen molar-refractivity contribution >= 4 is 62.7 Å². The second kappa shape index (κ2) is 23.6. The van der Waals surface area contributed by atoms with Gasteiger partial charge in [-0.2, -0.15) is 0 Å². The highest BCUT2D eigenvalue weighted by atomic mass is 33.1. The van der Waals surface area contributed by atoms with E-state index < -0.39 is 46.6 Å². The summed E-state index contributed by atoms with van der Waals surface area (Å²) in [5, 5.41) is 37.0. The van der Waals surface area contributed by atoms with E-state index in [1.165, 1.54) is 82.1 Å². The lowest BCUT2D eigenvalue weighted by Gasteiger charge is -2.25. The molecule has 3 fully saturated rings. The van der Waals surface area contributed by atoms with Crippen molar-refractivity contribution in [2.45, 2.75) is 93.2 Å². The maximum absolute atomic E-state index is 14.1. The minimum Gasteiger partial charge on any atom is -0.493 e. The number of rotatable bonds is 22. The number of nitrogens with one attached hydrogen (secondary N) is 2. The zero-order valence-electron chi connectivity index (χ0n) is 39.9. The molecule has 3 aromatic rings. The number of benzene rings is 2. The highest BCUT2D eigenvalue weighted by Gasteiger charge is 2.46. The molecule has 0 bridgehead atoms. The fraction of sp³-hybridized carbons (Fsp3) is 0.479. The van der Waals surface area contributed by atoms with Crippen LogP contribution < -0.4 is 29.6 Å². The van der Waals surface area contributed by atoms with Crippen molar-refractivity contribution in [2.24, 2.45) is 0 Å². The Labute approximate surface area is 414 Å². The Morgan fingerprint density at radius 3 is 1.76 bits per heavy atom. The molecule has 2 atom stereocenters. The van der Waals surface area contributed by atoms with Crippen LogP contribution in [0.25, 0.3) is 0 Å². The van der Waals surface area contributed by atoms with Crippen LogP contribution in [0.1, 0.15) is 86.4 Å². The first kappa shape index (κ1) is 53.1. The zero-order chi connectivity index (χ0) is 50.8. The van der Waals surface area contributed by atoms with Crippen LogP contribution in [0.3, 0.4) is 0 Å². The summed E-state index contributed by atoms with van der Waals surface area (Å²) < 4.78 is 34.3. The van der Waals surface area contributed by atoms with Crippen LogP contribution in [-0.2, 0) is 9.47 Å². The lowest BCUT2D eigenvalue weighted by atomic mass is 10.1. The number of pyridine rings is 1. The summed E-state index contributed by atoms with van der Waals surface area (Å²) in [6.07, 6.45) is 3.79. The summed E-state index contributed by atoms with van der Waals surface area (Å²) in [5.41, 5.74) is 1.11. The second-order valence-electron chi connectivity index (χ2n) is 18.1. The molecule has 1 aliphatic carbocycles. The molecule has 1 aromatic heterocycles. The van der Waals surface area contributed by atoms with E-state index in [1.54, 1.807) is 26.8 Å². The molecule has 4 N–H and O–H groups in total. The van der Waals surface area contributed by atoms with Crippen molar-refractivity contribution in [1.29, 1.82) is 0 Å². The number of hydrogen-bond acceptors (Lipinski definition) is 17. The third-order valence-electron chi connectivity index (χ3n) is 11.4. The molecule has 1 saturated carbocycles. The minimum atomic E-state index is -0.811. The van der Waals surface area contributed by atoms with Gasteiger partial charge in [0.25, 0.3) is 17.5 Å². The third-order valence-corrected chi connectivity index (χ3v) is 14.6. The molecule has 2 saturated heterocycles. The number of aliphatic hydroxyl groups excluding tert-OH is 2. The number of carbonyl (C=O) groups excluding carboxylic acids is 4. The molecule has 70 heavy (non-hydrogen) atoms. The summed E-state index contributed by atoms with van der Waals surface area (Å²) in [6.45, 7) is 13.6. The molecule has 3 heterocycles. The Balaban J connectivity index is 1.09. The number of unbranched alkanes of at least 4 members (excludes halogenated alkanes) is 2. The van der Waals surface area contributed by atoms with Gasteiger partial charge in [0.1, 0.15) is 23.4 Å². The van der Waals surface area contributed by atoms with Crippen molar-refractivity contribution in [3.8, 4) is 23.0 Å². The van der Waals surface area contributed by atoms with Gasteiger partial charge in [-0.25, -0.2) is 14.6 Å². The van der Waals surface area contributed by atoms with Gasteiger partial charge < -0.3 is 48.4 Å². The zero-order valence-corrected chi connectivity index (χ0v) is 41.5. The standard InChI is InChI=1S/C48H60N6O14S2/c1-29-17-32(26-55)52(24-29)43(57)34-19-38(63-6)40(21-36(34)50-45(59)67-28-48(13-14-48)70-69-42-12-11-31(23-49-42)54(61)62)65-15-9-8-10-16-66-41-22-37(51-46(60)68-47(3,4)5)35(20-39(41)64-7)44(58)53-25-30(2)18-33(53)27-56/h11-12,19-23,32-33,55-56H,1-2,8-10,13-18,24-28H2,3-7H3,(H,50,59)(H,51,60)/t32-,33-/m0/s1. The Morgan fingerprint density at radius 1 is 0.814 bits per heavy atom. The van der Waals surface area contributed by atoms with Gasteiger partial charge in [0, 0.05) is 31.3 Å². The van der Waals surface area contributed by atoms with E-state index in [-0.39, 0.29) is 102 Å². The first-order valence-corrected chi connectivity index (χ1v) is 24.8. The first-order chi connectivity index (χ1) is 33.4. The van der Waals surface area contributed by atoms with E-state index >= 15 is 0 Å². The molecule has 4 amide bonds. The number of aliphatic hydroxyl groups is 2. The molecule has 378 valence electrons. The number of hydrogen-bond donors (Lipinski definition) is 4. The predicted octanol–water partition coefficient (Wildman–Crippen LogP) is 8.03. The summed E-state index contributed by atoms with van der Waals surface area (Å²) in [6, 6.07) is 7.95. The molecular weight excluding hydrogens is 949 g/mol. The van der Waals surface area contributed by atoms with Crippen molar-refractivity contribution in [2.75, 3.05) is 71.0 Å². The molecular formula is C48H60N6O14S2. The van der Waals surface area contributed by atoms with Crippen LogP contribution in [0.15, 0.2) is 71.9 Å². The normalized spacial score (nSPS) is 17.2. The summed E-state index contributed by atoms with van der Waals surface area (Å²) in [7, 11) is 5.67. The number of aromatic nitrogens is 1. The van der Waals surface area contributed by atoms with Crippen molar-refractivity contribution in [3.63, 3.8) is 0 Å². The van der Waals surface area contributed by atoms with Gasteiger partial charge in [-0.05, 0) is 94.7 Å². The Kier molecular flexibility index (Phi) is 17.9. The van der Waals surface area contributed by atoms with Crippen molar-refractivity contribution < 1.29 is 62.7 Å². The molecule has 20 nitrogen and oxygen atoms in total. The fourth-order valence-corrected chi connectivity index (χ4v) is 10.2. The Bertz CT molecular complexity index is 2440. The van der Waals surface area contributed by atoms with Crippen LogP contribution in [0, 0.1) is 10.1 Å². The summed E-state index contributed by atoms with van der Waals surface area (Å²) in [5.74, 6) is 0.127. The smallest absolute Gasteiger partial charge is 0.412 e. The van der Waals surface area contributed by atoms with E-state index in [4.69, 9.17) is 28.4 Å². The average Bonchev–Trinajstić information content (AvgIpc) is 3.84. The Morgan fingerprint density at radius 2 is 1.33 bits per heavy atom. The Hall–Kier alpha value is -6.23. The van der Waals surface area contributed by atoms with E-state index in [0.29, 0.717) is 37.1 Å². The minimum absolute atomic E-state index is 0.0533. The average molecular weight is 1010 g/mol. The van der Waals surface area contributed by atoms with Gasteiger partial charge in [-0.3, -0.25) is 30.3 Å². The van der Waals surface area contributed by atoms with Crippen molar-refractivity contribution in [1.82, 2.24) is 14.8 Å². The fourth-order valence-electron chi connectivity index (χ4n) is 7.65. The van der Waals surface area contributed by atoms with E-state index in [0.717, 1.165) is 24.0 Å². The van der Waals surface area contributed by atoms with E-state index in [9.17, 15) is 39.5 Å². The van der Waals surface area contributed by atoms with Gasteiger partial charge >= 0.3 is 12.2 Å². The molecule has 0 radical (unpaired) electrons.